The molecular formula is C26H19F5N6O3. The Morgan fingerprint density at radius 3 is 2.55 bits per heavy atom. The minimum Gasteiger partial charge on any atom is -0.434 e. The van der Waals surface area contributed by atoms with Crippen molar-refractivity contribution in [2.75, 3.05) is 18.0 Å². The second kappa shape index (κ2) is 8.34. The molecule has 2 aromatic heterocycles. The van der Waals surface area contributed by atoms with Crippen molar-refractivity contribution in [2.24, 2.45) is 0 Å². The van der Waals surface area contributed by atoms with E-state index in [4.69, 9.17) is 9.72 Å². The fourth-order valence-electron chi connectivity index (χ4n) is 5.73. The van der Waals surface area contributed by atoms with Crippen LogP contribution in [0.3, 0.4) is 0 Å². The highest BCUT2D eigenvalue weighted by molar-refractivity contribution is 5.98. The lowest BCUT2D eigenvalue weighted by Crippen LogP contribution is -2.69. The number of ether oxygens (including phenoxy) is 1. The standard InChI is InChI=1S/C26H19F5N6O3/c27-23(28)40-19-3-1-2-14-20(19)18-7-16(35-22(14)38)21-34-15-5-4-12(6-17(15)37(18)21)13-8-32-24(33-9-13)36-10-25(39,11-36)26(29,30)31/h1-6,8-9,16,18,23,39H,7,10-11H2,(H,35,38)/t16-,18-/m1/s1. The Bertz CT molecular complexity index is 1670. The maximum atomic E-state index is 13.2. The molecule has 2 aromatic carbocycles. The van der Waals surface area contributed by atoms with E-state index in [0.717, 1.165) is 0 Å². The molecule has 5 heterocycles. The molecule has 3 aliphatic heterocycles. The van der Waals surface area contributed by atoms with Crippen molar-refractivity contribution in [1.29, 1.82) is 0 Å². The average molecular weight is 558 g/mol. The van der Waals surface area contributed by atoms with Crippen molar-refractivity contribution in [3.05, 3.63) is 65.7 Å². The van der Waals surface area contributed by atoms with Gasteiger partial charge in [-0.3, -0.25) is 4.79 Å². The molecule has 2 atom stereocenters. The smallest absolute Gasteiger partial charge is 0.420 e. The molecule has 40 heavy (non-hydrogen) atoms. The number of alkyl halides is 5. The van der Waals surface area contributed by atoms with Crippen molar-refractivity contribution >= 4 is 22.9 Å². The van der Waals surface area contributed by atoms with Crippen molar-refractivity contribution in [1.82, 2.24) is 24.8 Å². The van der Waals surface area contributed by atoms with Crippen LogP contribution in [-0.4, -0.2) is 62.0 Å². The lowest BCUT2D eigenvalue weighted by Gasteiger charge is -2.46. The number of aliphatic hydroxyl groups is 1. The minimum absolute atomic E-state index is 0.0629. The van der Waals surface area contributed by atoms with Crippen molar-refractivity contribution in [3.8, 4) is 16.9 Å². The minimum atomic E-state index is -4.74. The molecule has 7 rings (SSSR count). The lowest BCUT2D eigenvalue weighted by molar-refractivity contribution is -0.267. The van der Waals surface area contributed by atoms with Gasteiger partial charge in [0.1, 0.15) is 11.6 Å². The molecule has 2 bridgehead atoms. The number of amides is 1. The number of β-amino-alcohol motifs (C(OH)–C–C–N with tert-alkyl or cyclic N) is 1. The van der Waals surface area contributed by atoms with Crippen molar-refractivity contribution < 1.29 is 36.6 Å². The Morgan fingerprint density at radius 2 is 1.85 bits per heavy atom. The number of hydrogen-bond acceptors (Lipinski definition) is 7. The molecule has 206 valence electrons. The Kier molecular flexibility index (Phi) is 5.15. The number of carbonyl (C=O) groups is 1. The summed E-state index contributed by atoms with van der Waals surface area (Å²) in [6, 6.07) is 8.94. The summed E-state index contributed by atoms with van der Waals surface area (Å²) >= 11 is 0. The van der Waals surface area contributed by atoms with Crippen LogP contribution < -0.4 is 15.0 Å². The Hall–Kier alpha value is -4.33. The van der Waals surface area contributed by atoms with Crippen LogP contribution >= 0.6 is 0 Å². The van der Waals surface area contributed by atoms with Crippen molar-refractivity contribution in [2.45, 2.75) is 36.9 Å². The topological polar surface area (TPSA) is 105 Å². The van der Waals surface area contributed by atoms with Gasteiger partial charge in [-0.25, -0.2) is 15.0 Å². The molecule has 0 spiro atoms. The molecule has 0 unspecified atom stereocenters. The van der Waals surface area contributed by atoms with Gasteiger partial charge in [-0.05, 0) is 36.2 Å². The van der Waals surface area contributed by atoms with Crippen LogP contribution in [0.25, 0.3) is 22.2 Å². The SMILES string of the molecule is O=C1N[C@@H]2C[C@H](c3c(OC(F)F)cccc31)n1c2nc2ccc(-c3cnc(N4CC(O)(C(F)(F)F)C4)nc3)cc21. The second-order valence-electron chi connectivity index (χ2n) is 10.1. The highest BCUT2D eigenvalue weighted by atomic mass is 19.4. The van der Waals surface area contributed by atoms with Crippen LogP contribution in [0.2, 0.25) is 0 Å². The first kappa shape index (κ1) is 24.7. The number of anilines is 1. The van der Waals surface area contributed by atoms with E-state index in [9.17, 15) is 31.9 Å². The van der Waals surface area contributed by atoms with Crippen LogP contribution in [0.4, 0.5) is 27.9 Å². The van der Waals surface area contributed by atoms with Crippen molar-refractivity contribution in [3.63, 3.8) is 0 Å². The summed E-state index contributed by atoms with van der Waals surface area (Å²) in [6.45, 7) is -4.37. The Balaban J connectivity index is 1.25. The van der Waals surface area contributed by atoms with E-state index in [-0.39, 0.29) is 17.3 Å². The average Bonchev–Trinajstić information content (AvgIpc) is 3.38. The van der Waals surface area contributed by atoms with Gasteiger partial charge < -0.3 is 24.6 Å². The molecule has 1 amide bonds. The molecule has 9 nitrogen and oxygen atoms in total. The number of nitrogens with one attached hydrogen (secondary N) is 1. The summed E-state index contributed by atoms with van der Waals surface area (Å²) in [6.07, 6.45) is -1.38. The number of hydrogen-bond donors (Lipinski definition) is 2. The number of benzene rings is 2. The summed E-state index contributed by atoms with van der Waals surface area (Å²) in [5, 5.41) is 12.6. The van der Waals surface area contributed by atoms with Crippen LogP contribution in [0, 0.1) is 0 Å². The molecule has 0 saturated carbocycles. The van der Waals surface area contributed by atoms with Gasteiger partial charge in [0.25, 0.3) is 5.91 Å². The number of halogens is 5. The fraction of sp³-hybridized carbons (Fsp3) is 0.308. The molecular weight excluding hydrogens is 539 g/mol. The number of imidazole rings is 1. The Morgan fingerprint density at radius 1 is 1.10 bits per heavy atom. The van der Waals surface area contributed by atoms with E-state index < -0.39 is 49.5 Å². The first-order chi connectivity index (χ1) is 19.0. The molecule has 4 aromatic rings. The highest BCUT2D eigenvalue weighted by Gasteiger charge is 2.61. The third-order valence-corrected chi connectivity index (χ3v) is 7.65. The van der Waals surface area contributed by atoms with Gasteiger partial charge in [0.05, 0.1) is 36.2 Å². The quantitative estimate of drug-likeness (QED) is 0.365. The molecule has 1 fully saturated rings. The van der Waals surface area contributed by atoms with E-state index in [0.29, 0.717) is 40.0 Å². The van der Waals surface area contributed by atoms with Gasteiger partial charge in [0, 0.05) is 29.1 Å². The van der Waals surface area contributed by atoms with Gasteiger partial charge >= 0.3 is 12.8 Å². The van der Waals surface area contributed by atoms with Crippen LogP contribution in [0.5, 0.6) is 5.75 Å². The van der Waals surface area contributed by atoms with E-state index >= 15 is 0 Å². The summed E-state index contributed by atoms with van der Waals surface area (Å²) in [7, 11) is 0. The molecule has 2 N–H and O–H groups in total. The normalized spacial score (nSPS) is 21.1. The molecule has 0 radical (unpaired) electrons. The number of aromatic nitrogens is 4. The maximum absolute atomic E-state index is 13.2. The fourth-order valence-corrected chi connectivity index (χ4v) is 5.73. The second-order valence-corrected chi connectivity index (χ2v) is 10.1. The number of fused-ring (bicyclic) bond motifs is 9. The summed E-state index contributed by atoms with van der Waals surface area (Å²) in [5.74, 6) is 0.179. The summed E-state index contributed by atoms with van der Waals surface area (Å²) < 4.78 is 72.0. The Labute approximate surface area is 222 Å². The first-order valence-electron chi connectivity index (χ1n) is 12.3. The molecule has 0 aliphatic carbocycles. The molecule has 3 aliphatic rings. The van der Waals surface area contributed by atoms with Gasteiger partial charge in [-0.1, -0.05) is 12.1 Å². The van der Waals surface area contributed by atoms with E-state index in [1.54, 1.807) is 18.2 Å². The third kappa shape index (κ3) is 3.62. The zero-order chi connectivity index (χ0) is 28.0. The zero-order valence-corrected chi connectivity index (χ0v) is 20.4. The largest absolute Gasteiger partial charge is 0.434 e. The van der Waals surface area contributed by atoms with Crippen LogP contribution in [0.1, 0.15) is 40.3 Å². The molecule has 1 saturated heterocycles. The summed E-state index contributed by atoms with van der Waals surface area (Å²) in [4.78, 5) is 27.2. The van der Waals surface area contributed by atoms with Gasteiger partial charge in [-0.2, -0.15) is 22.0 Å². The monoisotopic (exact) mass is 558 g/mol. The zero-order valence-electron chi connectivity index (χ0n) is 20.4. The van der Waals surface area contributed by atoms with E-state index in [1.165, 1.54) is 29.4 Å². The lowest BCUT2D eigenvalue weighted by atomic mass is 9.94. The number of nitrogens with zero attached hydrogens (tertiary/aromatic N) is 5. The van der Waals surface area contributed by atoms with Crippen LogP contribution in [0.15, 0.2) is 48.8 Å². The predicted molar refractivity (Wildman–Crippen MR) is 130 cm³/mol. The number of rotatable bonds is 4. The first-order valence-corrected chi connectivity index (χ1v) is 12.3. The van der Waals surface area contributed by atoms with E-state index in [2.05, 4.69) is 15.3 Å². The van der Waals surface area contributed by atoms with Crippen LogP contribution in [-0.2, 0) is 0 Å². The maximum Gasteiger partial charge on any atom is 0.420 e. The highest BCUT2D eigenvalue weighted by Crippen LogP contribution is 2.47. The number of carbonyl (C=O) groups excluding carboxylic acids is 1. The van der Waals surface area contributed by atoms with E-state index in [1.807, 2.05) is 10.6 Å². The van der Waals surface area contributed by atoms with Gasteiger partial charge in [0.15, 0.2) is 5.60 Å². The third-order valence-electron chi connectivity index (χ3n) is 7.65. The molecule has 14 heteroatoms. The van der Waals surface area contributed by atoms with Gasteiger partial charge in [-0.15, -0.1) is 0 Å². The van der Waals surface area contributed by atoms with Gasteiger partial charge in [0.2, 0.25) is 5.95 Å². The summed E-state index contributed by atoms with van der Waals surface area (Å²) in [5.41, 5.74) is 0.421. The predicted octanol–water partition coefficient (Wildman–Crippen LogP) is 3.99.